The second-order valence-electron chi connectivity index (χ2n) is 5.43. The predicted octanol–water partition coefficient (Wildman–Crippen LogP) is -0.940. The quantitative estimate of drug-likeness (QED) is 0.487. The van der Waals surface area contributed by atoms with Crippen LogP contribution in [0.3, 0.4) is 0 Å². The van der Waals surface area contributed by atoms with Crippen molar-refractivity contribution in [1.82, 2.24) is 14.5 Å². The Morgan fingerprint density at radius 1 is 1.56 bits per heavy atom. The summed E-state index contributed by atoms with van der Waals surface area (Å²) in [6, 6.07) is 1.60. The largest absolute Gasteiger partial charge is 0.598 e. The van der Waals surface area contributed by atoms with Gasteiger partial charge in [-0.25, -0.2) is 0 Å². The number of nitrogens with zero attached hydrogens (tertiary/aromatic N) is 2. The minimum Gasteiger partial charge on any atom is -0.598 e. The molecule has 1 aliphatic rings. The Hall–Kier alpha value is -0.535. The zero-order valence-electron chi connectivity index (χ0n) is 10.8. The summed E-state index contributed by atoms with van der Waals surface area (Å²) >= 11 is -1.15. The summed E-state index contributed by atoms with van der Waals surface area (Å²) in [6.45, 7) is 6.42. The van der Waals surface area contributed by atoms with E-state index in [9.17, 15) is 4.55 Å². The molecular formula is C10H18BN3O3S. The van der Waals surface area contributed by atoms with Crippen molar-refractivity contribution in [2.75, 3.05) is 0 Å². The van der Waals surface area contributed by atoms with Gasteiger partial charge in [-0.1, -0.05) is 0 Å². The first-order valence-electron chi connectivity index (χ1n) is 5.91. The average Bonchev–Trinajstić information content (AvgIpc) is 2.78. The Labute approximate surface area is 110 Å². The first kappa shape index (κ1) is 13.9. The molecule has 0 saturated carbocycles. The van der Waals surface area contributed by atoms with Gasteiger partial charge in [-0.3, -0.25) is 4.68 Å². The van der Waals surface area contributed by atoms with Crippen molar-refractivity contribution in [3.63, 3.8) is 0 Å². The molecule has 1 aromatic rings. The Morgan fingerprint density at radius 2 is 2.22 bits per heavy atom. The highest BCUT2D eigenvalue weighted by Crippen LogP contribution is 2.27. The van der Waals surface area contributed by atoms with Gasteiger partial charge in [0.05, 0.1) is 17.3 Å². The van der Waals surface area contributed by atoms with Crippen molar-refractivity contribution < 1.29 is 14.6 Å². The van der Waals surface area contributed by atoms with Gasteiger partial charge in [0.1, 0.15) is 4.75 Å². The van der Waals surface area contributed by atoms with Gasteiger partial charge in [0.25, 0.3) is 0 Å². The number of nitrogens with one attached hydrogen (secondary N) is 1. The molecule has 2 rings (SSSR count). The van der Waals surface area contributed by atoms with Gasteiger partial charge in [0.15, 0.2) is 0 Å². The monoisotopic (exact) mass is 271 g/mol. The molecule has 0 fully saturated rings. The summed E-state index contributed by atoms with van der Waals surface area (Å²) in [5.41, 5.74) is 1.09. The van der Waals surface area contributed by atoms with Crippen LogP contribution in [-0.2, 0) is 17.9 Å². The van der Waals surface area contributed by atoms with E-state index in [1.807, 2.05) is 20.8 Å². The van der Waals surface area contributed by atoms with E-state index in [2.05, 4.69) is 9.82 Å². The van der Waals surface area contributed by atoms with Crippen LogP contribution in [-0.4, -0.2) is 36.2 Å². The molecule has 0 radical (unpaired) electrons. The number of aromatic nitrogens is 2. The fraction of sp³-hybridized carbons (Fsp3) is 0.700. The summed E-state index contributed by atoms with van der Waals surface area (Å²) < 4.78 is 16.5. The molecule has 3 N–H and O–H groups in total. The zero-order valence-corrected chi connectivity index (χ0v) is 11.6. The molecule has 8 heteroatoms. The molecule has 18 heavy (non-hydrogen) atoms. The highest BCUT2D eigenvalue weighted by Gasteiger charge is 2.34. The van der Waals surface area contributed by atoms with Crippen LogP contribution in [0.5, 0.6) is 0 Å². The van der Waals surface area contributed by atoms with Crippen LogP contribution in [0.15, 0.2) is 6.07 Å². The van der Waals surface area contributed by atoms with Crippen LogP contribution in [0, 0.1) is 0 Å². The average molecular weight is 271 g/mol. The van der Waals surface area contributed by atoms with Crippen LogP contribution < -0.4 is 10.3 Å². The van der Waals surface area contributed by atoms with Crippen LogP contribution in [0.4, 0.5) is 0 Å². The maximum Gasteiger partial charge on any atom is 0.510 e. The second kappa shape index (κ2) is 4.86. The minimum absolute atomic E-state index is 0.0509. The van der Waals surface area contributed by atoms with Crippen molar-refractivity contribution in [3.05, 3.63) is 11.8 Å². The SMILES string of the molecule is CC(C)(C)[S@@+]([O-])N[C@H]1CCn2nc(B(O)O)cc21. The molecular weight excluding hydrogens is 253 g/mol. The Bertz CT molecular complexity index is 432. The second-order valence-corrected chi connectivity index (χ2v) is 7.43. The molecule has 0 aliphatic carbocycles. The van der Waals surface area contributed by atoms with Crippen molar-refractivity contribution in [1.29, 1.82) is 0 Å². The van der Waals surface area contributed by atoms with E-state index in [4.69, 9.17) is 10.0 Å². The summed E-state index contributed by atoms with van der Waals surface area (Å²) in [5, 5.41) is 22.2. The molecule has 0 saturated heterocycles. The molecule has 2 atom stereocenters. The van der Waals surface area contributed by atoms with Gasteiger partial charge in [-0.15, -0.1) is 4.72 Å². The molecule has 1 aliphatic heterocycles. The molecule has 2 heterocycles. The fourth-order valence-electron chi connectivity index (χ4n) is 1.86. The van der Waals surface area contributed by atoms with E-state index in [0.717, 1.165) is 12.1 Å². The first-order chi connectivity index (χ1) is 8.29. The summed E-state index contributed by atoms with van der Waals surface area (Å²) in [6.07, 6.45) is 0.811. The van der Waals surface area contributed by atoms with Crippen molar-refractivity contribution in [2.24, 2.45) is 0 Å². The topological polar surface area (TPSA) is 93.4 Å². The van der Waals surface area contributed by atoms with Crippen LogP contribution >= 0.6 is 0 Å². The Balaban J connectivity index is 2.11. The lowest BCUT2D eigenvalue weighted by molar-refractivity contribution is 0.423. The summed E-state index contributed by atoms with van der Waals surface area (Å²) in [7, 11) is -1.56. The van der Waals surface area contributed by atoms with Gasteiger partial charge < -0.3 is 14.6 Å². The van der Waals surface area contributed by atoms with E-state index >= 15 is 0 Å². The lowest BCUT2D eigenvalue weighted by Gasteiger charge is -2.26. The third-order valence-electron chi connectivity index (χ3n) is 2.89. The van der Waals surface area contributed by atoms with Crippen LogP contribution in [0.1, 0.15) is 38.9 Å². The summed E-state index contributed by atoms with van der Waals surface area (Å²) in [4.78, 5) is 0. The molecule has 6 nitrogen and oxygen atoms in total. The van der Waals surface area contributed by atoms with Crippen LogP contribution in [0.2, 0.25) is 0 Å². The normalized spacial score (nSPS) is 20.9. The number of rotatable bonds is 3. The smallest absolute Gasteiger partial charge is 0.510 e. The maximum atomic E-state index is 12.0. The van der Waals surface area contributed by atoms with Crippen molar-refractivity contribution >= 4 is 24.1 Å². The van der Waals surface area contributed by atoms with E-state index < -0.39 is 18.5 Å². The lowest BCUT2D eigenvalue weighted by atomic mass is 9.86. The van der Waals surface area contributed by atoms with E-state index in [1.165, 1.54) is 0 Å². The van der Waals surface area contributed by atoms with Crippen LogP contribution in [0.25, 0.3) is 0 Å². The standard InChI is InChI=1S/C10H18BN3O3S/c1-10(2,3)18(17)13-7-4-5-14-8(7)6-9(12-14)11(15)16/h6-7,13,15-16H,4-5H2,1-3H3/t7-,18+/m0/s1. The Kier molecular flexibility index (Phi) is 3.75. The van der Waals surface area contributed by atoms with E-state index in [0.29, 0.717) is 6.54 Å². The predicted molar refractivity (Wildman–Crippen MR) is 70.4 cm³/mol. The molecule has 1 aromatic heterocycles. The molecule has 100 valence electrons. The molecule has 0 bridgehead atoms. The molecule has 0 aromatic carbocycles. The third kappa shape index (κ3) is 2.72. The van der Waals surface area contributed by atoms with Crippen molar-refractivity contribution in [2.45, 2.75) is 44.5 Å². The van der Waals surface area contributed by atoms with E-state index in [-0.39, 0.29) is 16.4 Å². The maximum absolute atomic E-state index is 12.0. The van der Waals surface area contributed by atoms with Gasteiger partial charge in [0, 0.05) is 17.9 Å². The Morgan fingerprint density at radius 3 is 2.78 bits per heavy atom. The number of hydrogen-bond acceptors (Lipinski definition) is 5. The zero-order chi connectivity index (χ0) is 13.5. The van der Waals surface area contributed by atoms with Gasteiger partial charge in [0.2, 0.25) is 0 Å². The molecule has 0 unspecified atom stereocenters. The van der Waals surface area contributed by atoms with E-state index in [1.54, 1.807) is 10.7 Å². The number of aryl methyl sites for hydroxylation is 1. The fourth-order valence-corrected chi connectivity index (χ4v) is 2.71. The first-order valence-corrected chi connectivity index (χ1v) is 7.06. The number of fused-ring (bicyclic) bond motifs is 1. The third-order valence-corrected chi connectivity index (χ3v) is 4.50. The van der Waals surface area contributed by atoms with Gasteiger partial charge in [-0.05, 0) is 33.3 Å². The summed E-state index contributed by atoms with van der Waals surface area (Å²) in [5.74, 6) is 0. The number of hydrogen-bond donors (Lipinski definition) is 3. The minimum atomic E-state index is -1.56. The highest BCUT2D eigenvalue weighted by atomic mass is 32.2. The molecule has 0 amide bonds. The lowest BCUT2D eigenvalue weighted by Crippen LogP contribution is -2.40. The van der Waals surface area contributed by atoms with Gasteiger partial charge in [-0.2, -0.15) is 5.10 Å². The molecule has 0 spiro atoms. The van der Waals surface area contributed by atoms with Gasteiger partial charge >= 0.3 is 7.12 Å². The van der Waals surface area contributed by atoms with Crippen molar-refractivity contribution in [3.8, 4) is 0 Å². The highest BCUT2D eigenvalue weighted by molar-refractivity contribution is 7.90.